The Balaban J connectivity index is 2.05. The molecule has 3 aromatic rings. The summed E-state index contributed by atoms with van der Waals surface area (Å²) < 4.78 is 5.74. The summed E-state index contributed by atoms with van der Waals surface area (Å²) in [5.74, 6) is 1.93. The molecule has 0 aliphatic carbocycles. The van der Waals surface area contributed by atoms with Gasteiger partial charge in [0.05, 0.1) is 0 Å². The maximum absolute atomic E-state index is 5.74. The molecule has 0 saturated carbocycles. The van der Waals surface area contributed by atoms with Crippen molar-refractivity contribution in [1.29, 1.82) is 0 Å². The molecule has 1 nitrogen and oxygen atoms in total. The molecule has 1 atom stereocenters. The number of ether oxygens (including phenoxy) is 1. The number of allylic oxidation sites excluding steroid dienone is 2. The molecule has 0 radical (unpaired) electrons. The summed E-state index contributed by atoms with van der Waals surface area (Å²) in [4.78, 5) is 0. The number of benzene rings is 3. The predicted molar refractivity (Wildman–Crippen MR) is 163 cm³/mol. The average Bonchev–Trinajstić information content (AvgIpc) is 2.91. The number of aryl methyl sites for hydroxylation is 1. The predicted octanol–water partition coefficient (Wildman–Crippen LogP) is 10.9. The fourth-order valence-corrected chi connectivity index (χ4v) is 4.76. The molecule has 196 valence electrons. The third-order valence-electron chi connectivity index (χ3n) is 7.30. The fraction of sp³-hybridized carbons (Fsp3) is 0.389. The molecule has 0 spiro atoms. The SMILES string of the molecule is C=CCOc1ccc(-c2cc(C(C)C)ccc2-c2ccc(C(C)CC)cc2CCCCC=C(C)C)cc1. The Hall–Kier alpha value is -3.06. The van der Waals surface area contributed by atoms with Crippen molar-refractivity contribution in [2.75, 3.05) is 6.61 Å². The Labute approximate surface area is 226 Å². The summed E-state index contributed by atoms with van der Waals surface area (Å²) in [5.41, 5.74) is 10.9. The van der Waals surface area contributed by atoms with Crippen LogP contribution in [0.15, 0.2) is 85.0 Å². The van der Waals surface area contributed by atoms with E-state index in [0.29, 0.717) is 18.4 Å². The molecule has 3 aromatic carbocycles. The van der Waals surface area contributed by atoms with Crippen molar-refractivity contribution in [3.05, 3.63) is 102 Å². The average molecular weight is 495 g/mol. The lowest BCUT2D eigenvalue weighted by molar-refractivity contribution is 0.363. The van der Waals surface area contributed by atoms with E-state index in [1.165, 1.54) is 57.4 Å². The van der Waals surface area contributed by atoms with Crippen LogP contribution in [0.25, 0.3) is 22.3 Å². The monoisotopic (exact) mass is 494 g/mol. The van der Waals surface area contributed by atoms with Crippen LogP contribution in [-0.2, 0) is 6.42 Å². The van der Waals surface area contributed by atoms with Gasteiger partial charge < -0.3 is 4.74 Å². The summed E-state index contributed by atoms with van der Waals surface area (Å²) in [7, 11) is 0. The zero-order chi connectivity index (χ0) is 26.8. The molecule has 0 saturated heterocycles. The van der Waals surface area contributed by atoms with Crippen LogP contribution in [0.2, 0.25) is 0 Å². The van der Waals surface area contributed by atoms with Crippen molar-refractivity contribution in [1.82, 2.24) is 0 Å². The standard InChI is InChI=1S/C36H46O/c1-8-23-37-33-19-15-29(16-20-33)36-25-30(27(5)6)17-22-35(36)34-21-18-31(28(7)9-2)24-32(34)14-12-10-11-13-26(3)4/h8,13,15-22,24-25,27-28H,1,9-12,14,23H2,2-7H3. The minimum atomic E-state index is 0.477. The van der Waals surface area contributed by atoms with Gasteiger partial charge in [0.2, 0.25) is 0 Å². The summed E-state index contributed by atoms with van der Waals surface area (Å²) >= 11 is 0. The van der Waals surface area contributed by atoms with E-state index in [-0.39, 0.29) is 0 Å². The second-order valence-electron chi connectivity index (χ2n) is 10.8. The largest absolute Gasteiger partial charge is 0.490 e. The Morgan fingerprint density at radius 3 is 2.19 bits per heavy atom. The van der Waals surface area contributed by atoms with Crippen LogP contribution >= 0.6 is 0 Å². The molecule has 0 amide bonds. The molecule has 1 heteroatoms. The van der Waals surface area contributed by atoms with Gasteiger partial charge in [-0.15, -0.1) is 0 Å². The van der Waals surface area contributed by atoms with Crippen LogP contribution in [-0.4, -0.2) is 6.61 Å². The van der Waals surface area contributed by atoms with E-state index in [9.17, 15) is 0 Å². The zero-order valence-electron chi connectivity index (χ0n) is 23.9. The van der Waals surface area contributed by atoms with E-state index in [1.807, 2.05) is 0 Å². The van der Waals surface area contributed by atoms with Crippen LogP contribution in [0.5, 0.6) is 5.75 Å². The van der Waals surface area contributed by atoms with Crippen LogP contribution in [0.3, 0.4) is 0 Å². The first-order chi connectivity index (χ1) is 17.8. The Kier molecular flexibility index (Phi) is 10.8. The lowest BCUT2D eigenvalue weighted by Crippen LogP contribution is -1.99. The van der Waals surface area contributed by atoms with E-state index < -0.39 is 0 Å². The molecule has 37 heavy (non-hydrogen) atoms. The summed E-state index contributed by atoms with van der Waals surface area (Å²) in [6, 6.07) is 22.8. The third kappa shape index (κ3) is 7.96. The minimum Gasteiger partial charge on any atom is -0.490 e. The second-order valence-corrected chi connectivity index (χ2v) is 10.8. The minimum absolute atomic E-state index is 0.477. The lowest BCUT2D eigenvalue weighted by atomic mass is 9.85. The van der Waals surface area contributed by atoms with Gasteiger partial charge >= 0.3 is 0 Å². The van der Waals surface area contributed by atoms with Crippen LogP contribution in [0.4, 0.5) is 0 Å². The highest BCUT2D eigenvalue weighted by molar-refractivity contribution is 5.85. The van der Waals surface area contributed by atoms with Crippen molar-refractivity contribution in [3.63, 3.8) is 0 Å². The van der Waals surface area contributed by atoms with Gasteiger partial charge in [-0.2, -0.15) is 0 Å². The van der Waals surface area contributed by atoms with E-state index in [2.05, 4.69) is 115 Å². The van der Waals surface area contributed by atoms with Crippen LogP contribution < -0.4 is 4.74 Å². The van der Waals surface area contributed by atoms with Gasteiger partial charge in [-0.1, -0.05) is 101 Å². The van der Waals surface area contributed by atoms with Gasteiger partial charge in [0, 0.05) is 0 Å². The van der Waals surface area contributed by atoms with Crippen LogP contribution in [0.1, 0.15) is 95.8 Å². The highest BCUT2D eigenvalue weighted by Gasteiger charge is 2.15. The van der Waals surface area contributed by atoms with E-state index >= 15 is 0 Å². The molecule has 0 N–H and O–H groups in total. The van der Waals surface area contributed by atoms with Gasteiger partial charge in [0.15, 0.2) is 0 Å². The Morgan fingerprint density at radius 2 is 1.54 bits per heavy atom. The third-order valence-corrected chi connectivity index (χ3v) is 7.30. The fourth-order valence-electron chi connectivity index (χ4n) is 4.76. The highest BCUT2D eigenvalue weighted by Crippen LogP contribution is 2.38. The molecule has 0 fully saturated rings. The topological polar surface area (TPSA) is 9.23 Å². The number of hydrogen-bond acceptors (Lipinski definition) is 1. The van der Waals surface area contributed by atoms with Gasteiger partial charge in [-0.05, 0) is 109 Å². The summed E-state index contributed by atoms with van der Waals surface area (Å²) in [6.45, 7) is 17.8. The number of rotatable bonds is 13. The number of hydrogen-bond donors (Lipinski definition) is 0. The van der Waals surface area contributed by atoms with Crippen molar-refractivity contribution in [2.24, 2.45) is 0 Å². The van der Waals surface area contributed by atoms with Gasteiger partial charge in [0.1, 0.15) is 12.4 Å². The van der Waals surface area contributed by atoms with E-state index in [1.54, 1.807) is 6.08 Å². The molecule has 0 aromatic heterocycles. The van der Waals surface area contributed by atoms with Crippen molar-refractivity contribution < 1.29 is 4.74 Å². The number of unbranched alkanes of at least 4 members (excludes halogenated alkanes) is 2. The van der Waals surface area contributed by atoms with E-state index in [4.69, 9.17) is 4.74 Å². The molecule has 0 aliphatic rings. The van der Waals surface area contributed by atoms with Gasteiger partial charge in [0.25, 0.3) is 0 Å². The summed E-state index contributed by atoms with van der Waals surface area (Å²) in [5, 5.41) is 0. The van der Waals surface area contributed by atoms with E-state index in [0.717, 1.165) is 25.0 Å². The van der Waals surface area contributed by atoms with Crippen LogP contribution in [0, 0.1) is 0 Å². The molecule has 3 rings (SSSR count). The first-order valence-electron chi connectivity index (χ1n) is 14.1. The Bertz CT molecular complexity index is 1180. The first kappa shape index (κ1) is 28.5. The van der Waals surface area contributed by atoms with Crippen molar-refractivity contribution in [3.8, 4) is 28.0 Å². The maximum atomic E-state index is 5.74. The molecule has 0 heterocycles. The first-order valence-corrected chi connectivity index (χ1v) is 14.1. The zero-order valence-corrected chi connectivity index (χ0v) is 23.9. The van der Waals surface area contributed by atoms with Crippen molar-refractivity contribution in [2.45, 2.75) is 85.5 Å². The normalized spacial score (nSPS) is 11.9. The quantitative estimate of drug-likeness (QED) is 0.170. The lowest BCUT2D eigenvalue weighted by Gasteiger charge is -2.19. The molecular formula is C36H46O. The van der Waals surface area contributed by atoms with Gasteiger partial charge in [-0.25, -0.2) is 0 Å². The molecule has 1 unspecified atom stereocenters. The Morgan fingerprint density at radius 1 is 0.838 bits per heavy atom. The maximum Gasteiger partial charge on any atom is 0.119 e. The molecule has 0 aliphatic heterocycles. The summed E-state index contributed by atoms with van der Waals surface area (Å²) in [6.07, 6.45) is 10.0. The van der Waals surface area contributed by atoms with Crippen molar-refractivity contribution >= 4 is 0 Å². The molecule has 0 bridgehead atoms. The smallest absolute Gasteiger partial charge is 0.119 e. The highest BCUT2D eigenvalue weighted by atomic mass is 16.5. The molecular weight excluding hydrogens is 448 g/mol. The van der Waals surface area contributed by atoms with Gasteiger partial charge in [-0.3, -0.25) is 0 Å². The second kappa shape index (κ2) is 14.0.